The predicted molar refractivity (Wildman–Crippen MR) is 63.5 cm³/mol. The first-order chi connectivity index (χ1) is 7.04. The SMILES string of the molecule is O=C(CCS)Nc1cc(Cl)c(F)c(Cl)c1. The Morgan fingerprint density at radius 1 is 1.40 bits per heavy atom. The summed E-state index contributed by atoms with van der Waals surface area (Å²) in [5.41, 5.74) is 0.373. The Balaban J connectivity index is 2.83. The highest BCUT2D eigenvalue weighted by atomic mass is 35.5. The third-order valence-electron chi connectivity index (χ3n) is 1.61. The second-order valence-electron chi connectivity index (χ2n) is 2.78. The van der Waals surface area contributed by atoms with Gasteiger partial charge < -0.3 is 5.32 Å². The molecule has 0 bridgehead atoms. The Morgan fingerprint density at radius 3 is 2.40 bits per heavy atom. The van der Waals surface area contributed by atoms with E-state index in [1.54, 1.807) is 0 Å². The molecule has 1 rings (SSSR count). The number of nitrogens with one attached hydrogen (secondary N) is 1. The summed E-state index contributed by atoms with van der Waals surface area (Å²) >= 11 is 15.0. The van der Waals surface area contributed by atoms with Crippen LogP contribution in [0.5, 0.6) is 0 Å². The summed E-state index contributed by atoms with van der Waals surface area (Å²) in [7, 11) is 0. The molecule has 1 aromatic rings. The van der Waals surface area contributed by atoms with Gasteiger partial charge in [0.15, 0.2) is 5.82 Å². The number of anilines is 1. The van der Waals surface area contributed by atoms with E-state index in [1.807, 2.05) is 0 Å². The van der Waals surface area contributed by atoms with E-state index in [2.05, 4.69) is 17.9 Å². The van der Waals surface area contributed by atoms with E-state index in [4.69, 9.17) is 23.2 Å². The maximum Gasteiger partial charge on any atom is 0.225 e. The standard InChI is InChI=1S/C9H8Cl2FNOS/c10-6-3-5(4-7(11)9(6)12)13-8(14)1-2-15/h3-4,15H,1-2H2,(H,13,14). The van der Waals surface area contributed by atoms with Gasteiger partial charge in [-0.05, 0) is 17.9 Å². The quantitative estimate of drug-likeness (QED) is 0.638. The van der Waals surface area contributed by atoms with E-state index in [0.29, 0.717) is 11.4 Å². The third kappa shape index (κ3) is 3.55. The van der Waals surface area contributed by atoms with Gasteiger partial charge in [-0.3, -0.25) is 4.79 Å². The minimum Gasteiger partial charge on any atom is -0.326 e. The number of hydrogen-bond acceptors (Lipinski definition) is 2. The molecule has 1 aromatic carbocycles. The molecule has 0 atom stereocenters. The van der Waals surface area contributed by atoms with E-state index >= 15 is 0 Å². The molecule has 6 heteroatoms. The van der Waals surface area contributed by atoms with Crippen LogP contribution in [0.1, 0.15) is 6.42 Å². The topological polar surface area (TPSA) is 29.1 Å². The second-order valence-corrected chi connectivity index (χ2v) is 4.04. The Kier molecular flexibility index (Phi) is 4.70. The summed E-state index contributed by atoms with van der Waals surface area (Å²) in [6, 6.07) is 2.61. The molecule has 0 spiro atoms. The summed E-state index contributed by atoms with van der Waals surface area (Å²) < 4.78 is 13.0. The number of carbonyl (C=O) groups excluding carboxylic acids is 1. The normalized spacial score (nSPS) is 10.1. The summed E-state index contributed by atoms with van der Waals surface area (Å²) in [6.45, 7) is 0. The molecule has 0 unspecified atom stereocenters. The average Bonchev–Trinajstić information content (AvgIpc) is 2.14. The molecule has 0 saturated heterocycles. The first kappa shape index (κ1) is 12.6. The largest absolute Gasteiger partial charge is 0.326 e. The Hall–Kier alpha value is -0.450. The van der Waals surface area contributed by atoms with Gasteiger partial charge in [0, 0.05) is 12.1 Å². The third-order valence-corrected chi connectivity index (χ3v) is 2.38. The fourth-order valence-corrected chi connectivity index (χ4v) is 1.64. The lowest BCUT2D eigenvalue weighted by Crippen LogP contribution is -2.11. The van der Waals surface area contributed by atoms with Crippen LogP contribution in [0.4, 0.5) is 10.1 Å². The highest BCUT2D eigenvalue weighted by Gasteiger charge is 2.09. The number of amides is 1. The zero-order valence-corrected chi connectivity index (χ0v) is 9.96. The van der Waals surface area contributed by atoms with Crippen molar-refractivity contribution < 1.29 is 9.18 Å². The van der Waals surface area contributed by atoms with Gasteiger partial charge in [0.1, 0.15) is 0 Å². The number of carbonyl (C=O) groups is 1. The molecule has 0 aliphatic heterocycles. The highest BCUT2D eigenvalue weighted by molar-refractivity contribution is 7.80. The van der Waals surface area contributed by atoms with Crippen molar-refractivity contribution >= 4 is 47.4 Å². The van der Waals surface area contributed by atoms with Crippen molar-refractivity contribution in [2.24, 2.45) is 0 Å². The summed E-state index contributed by atoms with van der Waals surface area (Å²) in [5, 5.41) is 2.29. The van der Waals surface area contributed by atoms with Gasteiger partial charge in [-0.2, -0.15) is 12.6 Å². The predicted octanol–water partition coefficient (Wildman–Crippen LogP) is 3.39. The number of hydrogen-bond donors (Lipinski definition) is 2. The number of rotatable bonds is 3. The van der Waals surface area contributed by atoms with E-state index in [0.717, 1.165) is 0 Å². The van der Waals surface area contributed by atoms with Crippen molar-refractivity contribution in [1.29, 1.82) is 0 Å². The molecule has 0 heterocycles. The van der Waals surface area contributed by atoms with E-state index in [-0.39, 0.29) is 22.4 Å². The lowest BCUT2D eigenvalue weighted by atomic mass is 10.3. The fraction of sp³-hybridized carbons (Fsp3) is 0.222. The van der Waals surface area contributed by atoms with Crippen LogP contribution in [0.3, 0.4) is 0 Å². The van der Waals surface area contributed by atoms with Crippen molar-refractivity contribution in [3.05, 3.63) is 28.0 Å². The van der Waals surface area contributed by atoms with Crippen LogP contribution in [0.2, 0.25) is 10.0 Å². The molecule has 0 aromatic heterocycles. The lowest BCUT2D eigenvalue weighted by Gasteiger charge is -2.06. The second kappa shape index (κ2) is 5.58. The molecule has 0 radical (unpaired) electrons. The van der Waals surface area contributed by atoms with Gasteiger partial charge in [0.05, 0.1) is 10.0 Å². The molecule has 0 saturated carbocycles. The van der Waals surface area contributed by atoms with Crippen molar-refractivity contribution in [1.82, 2.24) is 0 Å². The van der Waals surface area contributed by atoms with Gasteiger partial charge in [0.25, 0.3) is 0 Å². The van der Waals surface area contributed by atoms with Crippen LogP contribution in [-0.2, 0) is 4.79 Å². The molecule has 82 valence electrons. The average molecular weight is 268 g/mol. The van der Waals surface area contributed by atoms with Crippen LogP contribution in [-0.4, -0.2) is 11.7 Å². The van der Waals surface area contributed by atoms with E-state index in [9.17, 15) is 9.18 Å². The maximum absolute atomic E-state index is 13.0. The minimum absolute atomic E-state index is 0.122. The summed E-state index contributed by atoms with van der Waals surface area (Å²) in [5.74, 6) is -0.469. The number of benzene rings is 1. The van der Waals surface area contributed by atoms with E-state index in [1.165, 1.54) is 12.1 Å². The van der Waals surface area contributed by atoms with Crippen molar-refractivity contribution in [3.8, 4) is 0 Å². The van der Waals surface area contributed by atoms with Crippen LogP contribution in [0.25, 0.3) is 0 Å². The van der Waals surface area contributed by atoms with Gasteiger partial charge >= 0.3 is 0 Å². The number of halogens is 3. The molecular weight excluding hydrogens is 260 g/mol. The fourth-order valence-electron chi connectivity index (χ4n) is 0.953. The van der Waals surface area contributed by atoms with Crippen LogP contribution in [0.15, 0.2) is 12.1 Å². The molecular formula is C9H8Cl2FNOS. The molecule has 2 nitrogen and oxygen atoms in total. The van der Waals surface area contributed by atoms with E-state index < -0.39 is 5.82 Å². The molecule has 0 aliphatic rings. The summed E-state index contributed by atoms with van der Waals surface area (Å²) in [4.78, 5) is 11.2. The Morgan fingerprint density at radius 2 is 1.93 bits per heavy atom. The monoisotopic (exact) mass is 267 g/mol. The highest BCUT2D eigenvalue weighted by Crippen LogP contribution is 2.27. The summed E-state index contributed by atoms with van der Waals surface area (Å²) in [6.07, 6.45) is 0.274. The Labute approximate surface area is 102 Å². The maximum atomic E-state index is 13.0. The molecule has 0 fully saturated rings. The first-order valence-corrected chi connectivity index (χ1v) is 5.48. The van der Waals surface area contributed by atoms with Gasteiger partial charge in [-0.25, -0.2) is 4.39 Å². The lowest BCUT2D eigenvalue weighted by molar-refractivity contribution is -0.115. The van der Waals surface area contributed by atoms with Gasteiger partial charge in [-0.1, -0.05) is 23.2 Å². The minimum atomic E-state index is -0.689. The van der Waals surface area contributed by atoms with Crippen LogP contribution >= 0.6 is 35.8 Å². The van der Waals surface area contributed by atoms with Gasteiger partial charge in [-0.15, -0.1) is 0 Å². The Bertz CT molecular complexity index is 363. The molecule has 1 amide bonds. The zero-order chi connectivity index (χ0) is 11.4. The first-order valence-electron chi connectivity index (χ1n) is 4.10. The van der Waals surface area contributed by atoms with Crippen molar-refractivity contribution in [3.63, 3.8) is 0 Å². The molecule has 1 N–H and O–H groups in total. The smallest absolute Gasteiger partial charge is 0.225 e. The van der Waals surface area contributed by atoms with Gasteiger partial charge in [0.2, 0.25) is 5.91 Å². The number of thiol groups is 1. The van der Waals surface area contributed by atoms with Crippen LogP contribution in [0, 0.1) is 5.82 Å². The zero-order valence-electron chi connectivity index (χ0n) is 7.56. The molecule has 0 aliphatic carbocycles. The van der Waals surface area contributed by atoms with Crippen LogP contribution < -0.4 is 5.32 Å². The molecule has 15 heavy (non-hydrogen) atoms. The van der Waals surface area contributed by atoms with Crippen molar-refractivity contribution in [2.75, 3.05) is 11.1 Å². The van der Waals surface area contributed by atoms with Crippen molar-refractivity contribution in [2.45, 2.75) is 6.42 Å².